The predicted molar refractivity (Wildman–Crippen MR) is 96.4 cm³/mol. The molecule has 0 unspecified atom stereocenters. The molecule has 3 aromatic carbocycles. The second kappa shape index (κ2) is 7.08. The number of hydrogen-bond acceptors (Lipinski definition) is 1. The summed E-state index contributed by atoms with van der Waals surface area (Å²) in [6, 6.07) is 30.6. The zero-order chi connectivity index (χ0) is 16.1. The van der Waals surface area contributed by atoms with Gasteiger partial charge in [-0.25, -0.2) is 0 Å². The first kappa shape index (κ1) is 15.9. The monoisotopic (exact) mass is 498 g/mol. The van der Waals surface area contributed by atoms with E-state index in [2.05, 4.69) is 36.4 Å². The summed E-state index contributed by atoms with van der Waals surface area (Å²) in [6.07, 6.45) is 0. The van der Waals surface area contributed by atoms with E-state index in [-0.39, 0.29) is 3.98 Å². The summed E-state index contributed by atoms with van der Waals surface area (Å²) in [6.45, 7) is 0. The van der Waals surface area contributed by atoms with Crippen LogP contribution in [0.25, 0.3) is 0 Å². The van der Waals surface area contributed by atoms with E-state index < -0.39 is 27.1 Å². The number of carbonyl (C=O) groups is 1. The molecule has 0 amide bonds. The Balaban J connectivity index is 2.32. The van der Waals surface area contributed by atoms with Gasteiger partial charge in [-0.1, -0.05) is 0 Å². The molecule has 0 saturated heterocycles. The molecule has 3 rings (SSSR count). The van der Waals surface area contributed by atoms with Gasteiger partial charge in [0.1, 0.15) is 0 Å². The first-order valence-electron chi connectivity index (χ1n) is 7.62. The van der Waals surface area contributed by atoms with Crippen LogP contribution in [-0.2, 0) is 4.79 Å². The predicted octanol–water partition coefficient (Wildman–Crippen LogP) is 2.24. The van der Waals surface area contributed by atoms with Gasteiger partial charge < -0.3 is 0 Å². The van der Waals surface area contributed by atoms with Gasteiger partial charge in [0.2, 0.25) is 0 Å². The van der Waals surface area contributed by atoms with Gasteiger partial charge in [-0.05, 0) is 0 Å². The van der Waals surface area contributed by atoms with E-state index in [1.165, 1.54) is 9.37 Å². The Bertz CT molecular complexity index is 674. The Hall–Kier alpha value is -1.95. The molecule has 0 spiro atoms. The van der Waals surface area contributed by atoms with E-state index in [9.17, 15) is 9.90 Å². The number of carboxylic acids is 1. The van der Waals surface area contributed by atoms with Crippen LogP contribution in [0.3, 0.4) is 0 Å². The summed E-state index contributed by atoms with van der Waals surface area (Å²) in [4.78, 5) is 11.8. The molecule has 0 aromatic heterocycles. The van der Waals surface area contributed by atoms with Gasteiger partial charge in [0, 0.05) is 0 Å². The second-order valence-electron chi connectivity index (χ2n) is 5.57. The summed E-state index contributed by atoms with van der Waals surface area (Å²) in [7, 11) is 0. The normalized spacial score (nSPS) is 11.1. The maximum absolute atomic E-state index is 11.8. The molecule has 0 radical (unpaired) electrons. The van der Waals surface area contributed by atoms with Gasteiger partial charge in [-0.15, -0.1) is 0 Å². The summed E-state index contributed by atoms with van der Waals surface area (Å²) in [5.41, 5.74) is 0. The summed E-state index contributed by atoms with van der Waals surface area (Å²) in [5.74, 6) is -0.719. The van der Waals surface area contributed by atoms with E-state index in [1.54, 1.807) is 0 Å². The molecule has 0 aliphatic rings. The van der Waals surface area contributed by atoms with Crippen LogP contribution >= 0.6 is 0 Å². The van der Waals surface area contributed by atoms with Crippen molar-refractivity contribution in [3.8, 4) is 0 Å². The number of rotatable bonds is 5. The van der Waals surface area contributed by atoms with Crippen molar-refractivity contribution in [2.75, 3.05) is 0 Å². The Morgan fingerprint density at radius 1 is 0.652 bits per heavy atom. The van der Waals surface area contributed by atoms with Crippen LogP contribution in [0.2, 0.25) is 3.98 Å². The SMILES string of the molecule is O=C(O)[CH2][Pb]([c]1ccccc1)([c]1ccccc1)[c]1ccccc1. The van der Waals surface area contributed by atoms with Gasteiger partial charge in [-0.2, -0.15) is 0 Å². The van der Waals surface area contributed by atoms with Crippen LogP contribution in [0.4, 0.5) is 0 Å². The van der Waals surface area contributed by atoms with Gasteiger partial charge in [0.25, 0.3) is 0 Å². The van der Waals surface area contributed by atoms with Crippen molar-refractivity contribution in [2.45, 2.75) is 3.98 Å². The third-order valence-electron chi connectivity index (χ3n) is 4.22. The van der Waals surface area contributed by atoms with Crippen molar-refractivity contribution in [1.82, 2.24) is 0 Å². The molecule has 0 bridgehead atoms. The van der Waals surface area contributed by atoms with Crippen molar-refractivity contribution >= 4 is 36.5 Å². The number of hydrogen-bond donors (Lipinski definition) is 1. The minimum atomic E-state index is -3.72. The van der Waals surface area contributed by atoms with E-state index in [4.69, 9.17) is 0 Å². The molecular weight excluding hydrogens is 479 g/mol. The first-order chi connectivity index (χ1) is 11.2. The standard InChI is InChI=1S/3C6H5.C2H3O2.Pb/c3*1-2-4-6-5-3-1;1-2(3)4;/h3*1-5H;1H2,(H,3,4);. The summed E-state index contributed by atoms with van der Waals surface area (Å²) >= 11 is -3.72. The number of carboxylic acid groups (broad SMARTS) is 1. The average Bonchev–Trinajstić information content (AvgIpc) is 2.62. The van der Waals surface area contributed by atoms with Crippen LogP contribution in [0, 0.1) is 0 Å². The van der Waals surface area contributed by atoms with Crippen LogP contribution in [0.5, 0.6) is 0 Å². The summed E-state index contributed by atoms with van der Waals surface area (Å²) in [5, 5.41) is 9.69. The van der Waals surface area contributed by atoms with Gasteiger partial charge in [0.05, 0.1) is 0 Å². The fraction of sp³-hybridized carbons (Fsp3) is 0.0500. The molecule has 2 nitrogen and oxygen atoms in total. The molecule has 0 aliphatic carbocycles. The zero-order valence-corrected chi connectivity index (χ0v) is 16.6. The first-order valence-corrected chi connectivity index (χ1v) is 16.2. The molecule has 3 heteroatoms. The molecule has 0 aliphatic heterocycles. The third-order valence-corrected chi connectivity index (χ3v) is 22.8. The fourth-order valence-electron chi connectivity index (χ4n) is 3.20. The zero-order valence-electron chi connectivity index (χ0n) is 12.7. The molecular formula is C20H18O2Pb. The molecule has 0 saturated carbocycles. The van der Waals surface area contributed by atoms with E-state index >= 15 is 0 Å². The van der Waals surface area contributed by atoms with Crippen molar-refractivity contribution in [3.05, 3.63) is 91.0 Å². The number of benzene rings is 3. The van der Waals surface area contributed by atoms with Crippen LogP contribution in [0.1, 0.15) is 0 Å². The van der Waals surface area contributed by atoms with Crippen molar-refractivity contribution in [2.24, 2.45) is 0 Å². The molecule has 0 atom stereocenters. The average molecular weight is 498 g/mol. The van der Waals surface area contributed by atoms with E-state index in [0.29, 0.717) is 0 Å². The van der Waals surface area contributed by atoms with Crippen molar-refractivity contribution in [1.29, 1.82) is 0 Å². The van der Waals surface area contributed by atoms with Crippen molar-refractivity contribution in [3.63, 3.8) is 0 Å². The second-order valence-corrected chi connectivity index (χ2v) is 20.7. The Morgan fingerprint density at radius 2 is 0.957 bits per heavy atom. The fourth-order valence-corrected chi connectivity index (χ4v) is 20.1. The van der Waals surface area contributed by atoms with E-state index in [0.717, 1.165) is 0 Å². The van der Waals surface area contributed by atoms with Gasteiger partial charge in [0.15, 0.2) is 0 Å². The van der Waals surface area contributed by atoms with Crippen LogP contribution in [-0.4, -0.2) is 32.2 Å². The Kier molecular flexibility index (Phi) is 4.91. The third kappa shape index (κ3) is 3.22. The molecule has 1 N–H and O–H groups in total. The molecule has 3 aromatic rings. The molecule has 23 heavy (non-hydrogen) atoms. The Labute approximate surface area is 141 Å². The Morgan fingerprint density at radius 3 is 1.22 bits per heavy atom. The maximum atomic E-state index is 11.8. The number of aliphatic carboxylic acids is 1. The minimum absolute atomic E-state index is 0.227. The molecule has 0 heterocycles. The quantitative estimate of drug-likeness (QED) is 0.550. The summed E-state index contributed by atoms with van der Waals surface area (Å²) < 4.78 is 3.85. The van der Waals surface area contributed by atoms with Crippen LogP contribution < -0.4 is 9.37 Å². The van der Waals surface area contributed by atoms with Gasteiger partial charge >= 0.3 is 141 Å². The molecule has 114 valence electrons. The van der Waals surface area contributed by atoms with Gasteiger partial charge in [-0.3, -0.25) is 0 Å². The topological polar surface area (TPSA) is 37.3 Å². The molecule has 0 fully saturated rings. The van der Waals surface area contributed by atoms with Crippen LogP contribution in [0.15, 0.2) is 91.0 Å². The van der Waals surface area contributed by atoms with Crippen molar-refractivity contribution < 1.29 is 9.90 Å². The van der Waals surface area contributed by atoms with E-state index in [1.807, 2.05) is 54.6 Å².